The van der Waals surface area contributed by atoms with Crippen molar-refractivity contribution < 1.29 is 0 Å². The number of rotatable bonds is 2. The Kier molecular flexibility index (Phi) is 4.99. The molecule has 1 aromatic carbocycles. The molecule has 0 radical (unpaired) electrons. The molecule has 1 aromatic heterocycles. The van der Waals surface area contributed by atoms with Crippen molar-refractivity contribution in [3.63, 3.8) is 0 Å². The van der Waals surface area contributed by atoms with Gasteiger partial charge in [-0.2, -0.15) is 0 Å². The number of H-pyrrole nitrogens is 1. The van der Waals surface area contributed by atoms with Crippen LogP contribution in [0.1, 0.15) is 33.4 Å². The molecular weight excluding hydrogens is 399 g/mol. The summed E-state index contributed by atoms with van der Waals surface area (Å²) in [5.41, 5.74) is 2.79. The molecule has 4 nitrogen and oxygen atoms in total. The summed E-state index contributed by atoms with van der Waals surface area (Å²) in [7, 11) is 1.86. The van der Waals surface area contributed by atoms with E-state index in [1.807, 2.05) is 7.05 Å². The largest absolute Gasteiger partial charge is 0.357 e. The molecule has 0 unspecified atom stereocenters. The van der Waals surface area contributed by atoms with E-state index in [9.17, 15) is 0 Å². The minimum atomic E-state index is 0. The number of likely N-dealkylation sites (tertiary alicyclic amines) is 1. The highest BCUT2D eigenvalue weighted by molar-refractivity contribution is 14.0. The number of hydrogen-bond donors (Lipinski definition) is 2. The maximum atomic E-state index is 4.46. The van der Waals surface area contributed by atoms with E-state index < -0.39 is 0 Å². The third-order valence-corrected chi connectivity index (χ3v) is 5.37. The van der Waals surface area contributed by atoms with Crippen LogP contribution in [-0.2, 0) is 6.54 Å². The standard InChI is InChI=1S/C18H26N4.HI/c1-17(2)12-22(18(17,3)4)16(19-5)20-11-14-10-13-8-6-7-9-15(13)21-14;/h6-10,21H,11-12H2,1-5H3,(H,19,20);1H. The molecular formula is C18H27IN4. The predicted molar refractivity (Wildman–Crippen MR) is 108 cm³/mol. The number of aromatic nitrogens is 1. The van der Waals surface area contributed by atoms with Gasteiger partial charge in [-0.25, -0.2) is 0 Å². The maximum absolute atomic E-state index is 4.46. The summed E-state index contributed by atoms with van der Waals surface area (Å²) < 4.78 is 0. The van der Waals surface area contributed by atoms with E-state index >= 15 is 0 Å². The number of aromatic amines is 1. The number of halogens is 1. The van der Waals surface area contributed by atoms with E-state index in [0.717, 1.165) is 19.0 Å². The molecule has 1 aliphatic rings. The number of benzene rings is 1. The first-order chi connectivity index (χ1) is 10.3. The van der Waals surface area contributed by atoms with E-state index in [1.165, 1.54) is 16.6 Å². The van der Waals surface area contributed by atoms with Crippen molar-refractivity contribution in [2.45, 2.75) is 39.8 Å². The summed E-state index contributed by atoms with van der Waals surface area (Å²) in [5, 5.41) is 4.74. The van der Waals surface area contributed by atoms with Gasteiger partial charge in [0, 0.05) is 35.8 Å². The van der Waals surface area contributed by atoms with Gasteiger partial charge < -0.3 is 15.2 Å². The average Bonchev–Trinajstić information content (AvgIpc) is 2.89. The predicted octanol–water partition coefficient (Wildman–Crippen LogP) is 3.98. The molecule has 1 fully saturated rings. The normalized spacial score (nSPS) is 19.2. The van der Waals surface area contributed by atoms with Gasteiger partial charge in [-0.05, 0) is 31.4 Å². The fourth-order valence-corrected chi connectivity index (χ4v) is 3.10. The van der Waals surface area contributed by atoms with Gasteiger partial charge >= 0.3 is 0 Å². The van der Waals surface area contributed by atoms with Crippen LogP contribution in [0, 0.1) is 5.41 Å². The second-order valence-electron chi connectivity index (χ2n) is 7.31. The molecule has 1 saturated heterocycles. The van der Waals surface area contributed by atoms with Gasteiger partial charge in [-0.3, -0.25) is 4.99 Å². The molecule has 126 valence electrons. The number of hydrogen-bond acceptors (Lipinski definition) is 1. The molecule has 0 saturated carbocycles. The number of nitrogens with one attached hydrogen (secondary N) is 2. The Balaban J connectivity index is 0.00000192. The molecule has 2 aromatic rings. The van der Waals surface area contributed by atoms with Crippen molar-refractivity contribution in [2.24, 2.45) is 10.4 Å². The van der Waals surface area contributed by atoms with Crippen LogP contribution >= 0.6 is 24.0 Å². The fourth-order valence-electron chi connectivity index (χ4n) is 3.10. The molecule has 0 spiro atoms. The van der Waals surface area contributed by atoms with Gasteiger partial charge in [0.1, 0.15) is 0 Å². The lowest BCUT2D eigenvalue weighted by Crippen LogP contribution is -2.72. The lowest BCUT2D eigenvalue weighted by Gasteiger charge is -2.62. The number of nitrogens with zero attached hydrogens (tertiary/aromatic N) is 2. The number of fused-ring (bicyclic) bond motifs is 1. The van der Waals surface area contributed by atoms with Crippen molar-refractivity contribution >= 4 is 40.8 Å². The zero-order chi connectivity index (χ0) is 16.0. The Bertz CT molecular complexity index is 682. The van der Waals surface area contributed by atoms with E-state index in [2.05, 4.69) is 78.2 Å². The molecule has 0 aliphatic carbocycles. The topological polar surface area (TPSA) is 43.4 Å². The van der Waals surface area contributed by atoms with Gasteiger partial charge in [0.25, 0.3) is 0 Å². The fraction of sp³-hybridized carbons (Fsp3) is 0.500. The average molecular weight is 426 g/mol. The summed E-state index contributed by atoms with van der Waals surface area (Å²) in [6, 6.07) is 10.6. The zero-order valence-electron chi connectivity index (χ0n) is 14.6. The van der Waals surface area contributed by atoms with Gasteiger partial charge in [0.05, 0.1) is 6.54 Å². The second kappa shape index (κ2) is 6.34. The Morgan fingerprint density at radius 1 is 1.26 bits per heavy atom. The Hall–Kier alpha value is -1.24. The number of guanidine groups is 1. The van der Waals surface area contributed by atoms with Crippen molar-refractivity contribution in [1.82, 2.24) is 15.2 Å². The van der Waals surface area contributed by atoms with Crippen LogP contribution in [0.4, 0.5) is 0 Å². The van der Waals surface area contributed by atoms with E-state index in [-0.39, 0.29) is 29.5 Å². The zero-order valence-corrected chi connectivity index (χ0v) is 16.9. The van der Waals surface area contributed by atoms with Crippen LogP contribution in [0.15, 0.2) is 35.3 Å². The monoisotopic (exact) mass is 426 g/mol. The van der Waals surface area contributed by atoms with Crippen LogP contribution in [0.25, 0.3) is 10.9 Å². The highest BCUT2D eigenvalue weighted by Gasteiger charge is 2.53. The minimum Gasteiger partial charge on any atom is -0.357 e. The Morgan fingerprint density at radius 2 is 1.96 bits per heavy atom. The van der Waals surface area contributed by atoms with Gasteiger partial charge in [-0.15, -0.1) is 24.0 Å². The molecule has 3 rings (SSSR count). The number of para-hydroxylation sites is 1. The third-order valence-electron chi connectivity index (χ3n) is 5.37. The lowest BCUT2D eigenvalue weighted by atomic mass is 9.65. The van der Waals surface area contributed by atoms with Crippen molar-refractivity contribution in [3.8, 4) is 0 Å². The van der Waals surface area contributed by atoms with Crippen LogP contribution < -0.4 is 5.32 Å². The van der Waals surface area contributed by atoms with Crippen LogP contribution in [0.2, 0.25) is 0 Å². The summed E-state index contributed by atoms with van der Waals surface area (Å²) in [5.74, 6) is 0.975. The van der Waals surface area contributed by atoms with Crippen molar-refractivity contribution in [1.29, 1.82) is 0 Å². The van der Waals surface area contributed by atoms with E-state index in [0.29, 0.717) is 5.41 Å². The SMILES string of the molecule is CN=C(NCc1cc2ccccc2[nH]1)N1CC(C)(C)C1(C)C.I. The molecule has 0 bridgehead atoms. The molecule has 23 heavy (non-hydrogen) atoms. The van der Waals surface area contributed by atoms with E-state index in [4.69, 9.17) is 0 Å². The summed E-state index contributed by atoms with van der Waals surface area (Å²) >= 11 is 0. The first-order valence-corrected chi connectivity index (χ1v) is 7.90. The van der Waals surface area contributed by atoms with Gasteiger partial charge in [-0.1, -0.05) is 32.0 Å². The van der Waals surface area contributed by atoms with Crippen molar-refractivity contribution in [3.05, 3.63) is 36.0 Å². The third kappa shape index (κ3) is 3.07. The smallest absolute Gasteiger partial charge is 0.194 e. The highest BCUT2D eigenvalue weighted by atomic mass is 127. The molecule has 1 aliphatic heterocycles. The van der Waals surface area contributed by atoms with Crippen LogP contribution in [0.5, 0.6) is 0 Å². The second-order valence-corrected chi connectivity index (χ2v) is 7.31. The summed E-state index contributed by atoms with van der Waals surface area (Å²) in [6.45, 7) is 11.0. The Labute approximate surface area is 155 Å². The Morgan fingerprint density at radius 3 is 2.52 bits per heavy atom. The first kappa shape index (κ1) is 18.1. The first-order valence-electron chi connectivity index (χ1n) is 7.90. The van der Waals surface area contributed by atoms with Gasteiger partial charge in [0.2, 0.25) is 0 Å². The molecule has 0 amide bonds. The maximum Gasteiger partial charge on any atom is 0.194 e. The van der Waals surface area contributed by atoms with Gasteiger partial charge in [0.15, 0.2) is 5.96 Å². The summed E-state index contributed by atoms with van der Waals surface area (Å²) in [4.78, 5) is 10.3. The molecule has 5 heteroatoms. The van der Waals surface area contributed by atoms with E-state index in [1.54, 1.807) is 0 Å². The molecule has 2 heterocycles. The molecule has 2 N–H and O–H groups in total. The minimum absolute atomic E-state index is 0. The number of aliphatic imine (C=N–C) groups is 1. The summed E-state index contributed by atoms with van der Waals surface area (Å²) in [6.07, 6.45) is 0. The van der Waals surface area contributed by atoms with Crippen molar-refractivity contribution in [2.75, 3.05) is 13.6 Å². The highest BCUT2D eigenvalue weighted by Crippen LogP contribution is 2.46. The van der Waals surface area contributed by atoms with Crippen LogP contribution in [-0.4, -0.2) is 35.0 Å². The quantitative estimate of drug-likeness (QED) is 0.434. The lowest BCUT2D eigenvalue weighted by molar-refractivity contribution is -0.0668. The van der Waals surface area contributed by atoms with Crippen LogP contribution in [0.3, 0.4) is 0 Å². The molecule has 0 atom stereocenters.